The zero-order valence-electron chi connectivity index (χ0n) is 11.5. The number of carbonyl (C=O) groups excluding carboxylic acids is 2. The van der Waals surface area contributed by atoms with E-state index in [1.54, 1.807) is 0 Å². The van der Waals surface area contributed by atoms with Gasteiger partial charge < -0.3 is 19.9 Å². The van der Waals surface area contributed by atoms with E-state index in [2.05, 4.69) is 26.0 Å². The summed E-state index contributed by atoms with van der Waals surface area (Å²) >= 11 is 3.44. The van der Waals surface area contributed by atoms with Crippen LogP contribution in [-0.4, -0.2) is 41.6 Å². The van der Waals surface area contributed by atoms with Gasteiger partial charge in [-0.2, -0.15) is 0 Å². The second-order valence-electron chi connectivity index (χ2n) is 4.76. The maximum absolute atomic E-state index is 12.4. The number of methoxy groups -OCH3 is 1. The van der Waals surface area contributed by atoms with Crippen molar-refractivity contribution in [2.24, 2.45) is 0 Å². The number of benzene rings is 1. The van der Waals surface area contributed by atoms with Crippen LogP contribution < -0.4 is 5.32 Å². The third kappa shape index (κ3) is 3.54. The number of aromatic hydroxyl groups is 1. The van der Waals surface area contributed by atoms with Crippen LogP contribution >= 0.6 is 15.9 Å². The first-order chi connectivity index (χ1) is 9.96. The number of hydrogen-bond donors (Lipinski definition) is 2. The molecule has 0 saturated carbocycles. The lowest BCUT2D eigenvalue weighted by molar-refractivity contribution is -0.120. The Labute approximate surface area is 130 Å². The number of anilines is 1. The zero-order valence-corrected chi connectivity index (χ0v) is 13.1. The number of nitrogens with one attached hydrogen (secondary N) is 1. The van der Waals surface area contributed by atoms with Gasteiger partial charge in [-0.05, 0) is 31.0 Å². The Morgan fingerprint density at radius 3 is 2.67 bits per heavy atom. The Morgan fingerprint density at radius 1 is 1.38 bits per heavy atom. The molecule has 114 valence electrons. The predicted molar refractivity (Wildman–Crippen MR) is 79.8 cm³/mol. The van der Waals surface area contributed by atoms with Crippen LogP contribution in [0.25, 0.3) is 0 Å². The molecular formula is C14H16BrNO5. The average Bonchev–Trinajstić information content (AvgIpc) is 2.49. The van der Waals surface area contributed by atoms with E-state index in [9.17, 15) is 14.7 Å². The molecule has 7 heteroatoms. The largest absolute Gasteiger partial charge is 0.506 e. The molecule has 1 amide bonds. The highest BCUT2D eigenvalue weighted by molar-refractivity contribution is 9.10. The fourth-order valence-electron chi connectivity index (χ4n) is 2.04. The van der Waals surface area contributed by atoms with E-state index in [4.69, 9.17) is 4.74 Å². The van der Waals surface area contributed by atoms with Gasteiger partial charge >= 0.3 is 5.97 Å². The molecule has 2 rings (SSSR count). The number of carbonyl (C=O) groups is 2. The molecule has 6 nitrogen and oxygen atoms in total. The van der Waals surface area contributed by atoms with Gasteiger partial charge in [-0.1, -0.05) is 15.9 Å². The molecule has 0 aliphatic carbocycles. The minimum atomic E-state index is -0.723. The van der Waals surface area contributed by atoms with Crippen molar-refractivity contribution >= 4 is 33.5 Å². The summed E-state index contributed by atoms with van der Waals surface area (Å²) in [6.45, 7) is 0.986. The molecule has 0 unspecified atom stereocenters. The number of esters is 1. The van der Waals surface area contributed by atoms with Crippen molar-refractivity contribution in [3.63, 3.8) is 0 Å². The van der Waals surface area contributed by atoms with Crippen molar-refractivity contribution in [3.05, 3.63) is 23.8 Å². The first-order valence-corrected chi connectivity index (χ1v) is 7.25. The van der Waals surface area contributed by atoms with Gasteiger partial charge in [-0.25, -0.2) is 4.79 Å². The van der Waals surface area contributed by atoms with Gasteiger partial charge in [-0.15, -0.1) is 0 Å². The van der Waals surface area contributed by atoms with Crippen LogP contribution in [0.4, 0.5) is 5.69 Å². The van der Waals surface area contributed by atoms with Crippen molar-refractivity contribution in [3.8, 4) is 5.75 Å². The van der Waals surface area contributed by atoms with Crippen molar-refractivity contribution in [2.75, 3.05) is 25.6 Å². The van der Waals surface area contributed by atoms with Crippen molar-refractivity contribution < 1.29 is 24.2 Å². The minimum absolute atomic E-state index is 0.112. The first kappa shape index (κ1) is 15.8. The van der Waals surface area contributed by atoms with E-state index in [0.29, 0.717) is 26.1 Å². The molecular weight excluding hydrogens is 342 g/mol. The Kier molecular flexibility index (Phi) is 4.84. The van der Waals surface area contributed by atoms with Crippen molar-refractivity contribution in [1.82, 2.24) is 0 Å². The molecule has 0 aromatic heterocycles. The van der Waals surface area contributed by atoms with Gasteiger partial charge in [0.25, 0.3) is 0 Å². The van der Waals surface area contributed by atoms with Crippen molar-refractivity contribution in [1.29, 1.82) is 0 Å². The number of phenolic OH excluding ortho intramolecular Hbond substituents is 1. The van der Waals surface area contributed by atoms with Crippen LogP contribution in [0.2, 0.25) is 0 Å². The summed E-state index contributed by atoms with van der Waals surface area (Å²) in [6.07, 6.45) is 1.08. The smallest absolute Gasteiger partial charge is 0.337 e. The minimum Gasteiger partial charge on any atom is -0.506 e. The molecule has 1 aliphatic heterocycles. The quantitative estimate of drug-likeness (QED) is 0.491. The van der Waals surface area contributed by atoms with Crippen LogP contribution in [0.1, 0.15) is 23.2 Å². The monoisotopic (exact) mass is 357 g/mol. The van der Waals surface area contributed by atoms with Gasteiger partial charge in [0.1, 0.15) is 10.1 Å². The summed E-state index contributed by atoms with van der Waals surface area (Å²) in [5.41, 5.74) is 0.425. The highest BCUT2D eigenvalue weighted by Gasteiger charge is 2.37. The lowest BCUT2D eigenvalue weighted by atomic mass is 9.99. The maximum Gasteiger partial charge on any atom is 0.337 e. The second-order valence-corrected chi connectivity index (χ2v) is 6.27. The zero-order chi connectivity index (χ0) is 15.5. The molecule has 1 saturated heterocycles. The van der Waals surface area contributed by atoms with Crippen LogP contribution in [-0.2, 0) is 14.3 Å². The lowest BCUT2D eigenvalue weighted by Gasteiger charge is -2.30. The molecule has 0 atom stereocenters. The SMILES string of the molecule is COC(=O)c1ccc(O)c(NC(=O)C2(Br)CCOCC2)c1. The summed E-state index contributed by atoms with van der Waals surface area (Å²) in [5, 5.41) is 12.5. The molecule has 1 heterocycles. The predicted octanol–water partition coefficient (Wildman–Crippen LogP) is 2.06. The van der Waals surface area contributed by atoms with Crippen molar-refractivity contribution in [2.45, 2.75) is 17.2 Å². The van der Waals surface area contributed by atoms with Gasteiger partial charge in [0.05, 0.1) is 18.4 Å². The third-order valence-electron chi connectivity index (χ3n) is 3.36. The summed E-state index contributed by atoms with van der Waals surface area (Å²) < 4.78 is 9.12. The van der Waals surface area contributed by atoms with Crippen LogP contribution in [0.5, 0.6) is 5.75 Å². The van der Waals surface area contributed by atoms with E-state index in [-0.39, 0.29) is 22.9 Å². The Bertz CT molecular complexity index is 554. The Balaban J connectivity index is 2.18. The van der Waals surface area contributed by atoms with Crippen LogP contribution in [0.3, 0.4) is 0 Å². The topological polar surface area (TPSA) is 84.9 Å². The summed E-state index contributed by atoms with van der Waals surface area (Å²) in [5.74, 6) is -0.924. The van der Waals surface area contributed by atoms with Crippen LogP contribution in [0, 0.1) is 0 Å². The van der Waals surface area contributed by atoms with E-state index in [1.165, 1.54) is 25.3 Å². The fourth-order valence-corrected chi connectivity index (χ4v) is 2.46. The normalized spacial score (nSPS) is 17.0. The highest BCUT2D eigenvalue weighted by Crippen LogP contribution is 2.33. The number of alkyl halides is 1. The number of ether oxygens (including phenoxy) is 2. The van der Waals surface area contributed by atoms with Crippen LogP contribution in [0.15, 0.2) is 18.2 Å². The maximum atomic E-state index is 12.4. The first-order valence-electron chi connectivity index (χ1n) is 6.46. The van der Waals surface area contributed by atoms with E-state index >= 15 is 0 Å². The molecule has 1 aliphatic rings. The number of amides is 1. The lowest BCUT2D eigenvalue weighted by Crippen LogP contribution is -2.42. The summed E-state index contributed by atoms with van der Waals surface area (Å²) in [6, 6.07) is 4.15. The number of rotatable bonds is 3. The molecule has 21 heavy (non-hydrogen) atoms. The number of hydrogen-bond acceptors (Lipinski definition) is 5. The standard InChI is InChI=1S/C14H16BrNO5/c1-20-12(18)9-2-3-11(17)10(8-9)16-13(19)14(15)4-6-21-7-5-14/h2-3,8,17H,4-7H2,1H3,(H,16,19). The molecule has 1 aromatic rings. The second kappa shape index (κ2) is 6.44. The molecule has 1 fully saturated rings. The van der Waals surface area contributed by atoms with Gasteiger partial charge in [-0.3, -0.25) is 4.79 Å². The summed E-state index contributed by atoms with van der Waals surface area (Å²) in [4.78, 5) is 23.8. The van der Waals surface area contributed by atoms with E-state index in [0.717, 1.165) is 0 Å². The third-order valence-corrected chi connectivity index (χ3v) is 4.51. The molecule has 0 radical (unpaired) electrons. The molecule has 0 spiro atoms. The van der Waals surface area contributed by atoms with E-state index in [1.807, 2.05) is 0 Å². The average molecular weight is 358 g/mol. The molecule has 0 bridgehead atoms. The van der Waals surface area contributed by atoms with Gasteiger partial charge in [0.15, 0.2) is 0 Å². The van der Waals surface area contributed by atoms with Gasteiger partial charge in [0, 0.05) is 13.2 Å². The number of phenols is 1. The van der Waals surface area contributed by atoms with Gasteiger partial charge in [0.2, 0.25) is 5.91 Å². The van der Waals surface area contributed by atoms with E-state index < -0.39 is 10.3 Å². The molecule has 2 N–H and O–H groups in total. The Morgan fingerprint density at radius 2 is 2.05 bits per heavy atom. The highest BCUT2D eigenvalue weighted by atomic mass is 79.9. The summed E-state index contributed by atoms with van der Waals surface area (Å²) in [7, 11) is 1.27. The molecule has 1 aromatic carbocycles. The number of halogens is 1. The fraction of sp³-hybridized carbons (Fsp3) is 0.429. The Hall–Kier alpha value is -1.60.